The Kier molecular flexibility index (Phi) is 3.87. The van der Waals surface area contributed by atoms with Gasteiger partial charge >= 0.3 is 0 Å². The predicted octanol–water partition coefficient (Wildman–Crippen LogP) is 3.17. The summed E-state index contributed by atoms with van der Waals surface area (Å²) in [5, 5.41) is 0. The van der Waals surface area contributed by atoms with E-state index in [2.05, 4.69) is 29.0 Å². The molecule has 0 radical (unpaired) electrons. The Morgan fingerprint density at radius 3 is 2.44 bits per heavy atom. The lowest BCUT2D eigenvalue weighted by Gasteiger charge is -2.05. The third-order valence-electron chi connectivity index (χ3n) is 2.83. The van der Waals surface area contributed by atoms with Crippen molar-refractivity contribution < 1.29 is 0 Å². The quantitative estimate of drug-likeness (QED) is 0.862. The zero-order valence-corrected chi connectivity index (χ0v) is 11.6. The van der Waals surface area contributed by atoms with Crippen LogP contribution in [0.4, 0.5) is 0 Å². The number of nitrogens with zero attached hydrogens (tertiary/aromatic N) is 1. The molecule has 0 aliphatic carbocycles. The van der Waals surface area contributed by atoms with E-state index in [0.29, 0.717) is 11.4 Å². The van der Waals surface area contributed by atoms with Crippen LogP contribution >= 0.6 is 11.8 Å². The summed E-state index contributed by atoms with van der Waals surface area (Å²) in [6.07, 6.45) is 0. The summed E-state index contributed by atoms with van der Waals surface area (Å²) < 4.78 is 0. The van der Waals surface area contributed by atoms with Crippen molar-refractivity contribution in [2.75, 3.05) is 5.75 Å². The van der Waals surface area contributed by atoms with Crippen LogP contribution in [0.2, 0.25) is 0 Å². The van der Waals surface area contributed by atoms with Gasteiger partial charge < -0.3 is 4.98 Å². The van der Waals surface area contributed by atoms with Crippen LogP contribution in [0.15, 0.2) is 34.0 Å². The van der Waals surface area contributed by atoms with E-state index in [1.165, 1.54) is 4.90 Å². The van der Waals surface area contributed by atoms with Gasteiger partial charge in [-0.05, 0) is 31.7 Å². The minimum Gasteiger partial charge on any atom is -0.306 e. The molecule has 1 N–H and O–H groups in total. The molecule has 0 spiro atoms. The first-order valence-corrected chi connectivity index (χ1v) is 6.91. The van der Waals surface area contributed by atoms with Gasteiger partial charge in [0.25, 0.3) is 5.56 Å². The molecule has 0 aliphatic rings. The molecule has 0 fully saturated rings. The molecule has 3 nitrogen and oxygen atoms in total. The number of hydrogen-bond donors (Lipinski definition) is 1. The molecule has 1 heterocycles. The lowest BCUT2D eigenvalue weighted by Crippen LogP contribution is -2.14. The van der Waals surface area contributed by atoms with Crippen molar-refractivity contribution >= 4 is 11.8 Å². The zero-order chi connectivity index (χ0) is 13.1. The number of hydrogen-bond acceptors (Lipinski definition) is 3. The van der Waals surface area contributed by atoms with Gasteiger partial charge in [-0.15, -0.1) is 11.8 Å². The van der Waals surface area contributed by atoms with Crippen LogP contribution in [0, 0.1) is 13.8 Å². The van der Waals surface area contributed by atoms with Gasteiger partial charge in [0.2, 0.25) is 0 Å². The molecule has 4 heteroatoms. The molecule has 0 aliphatic heterocycles. The van der Waals surface area contributed by atoms with Gasteiger partial charge in [-0.25, -0.2) is 4.98 Å². The topological polar surface area (TPSA) is 45.8 Å². The summed E-state index contributed by atoms with van der Waals surface area (Å²) in [5.74, 6) is 1.69. The molecule has 94 valence electrons. The van der Waals surface area contributed by atoms with E-state index >= 15 is 0 Å². The average molecular weight is 260 g/mol. The number of benzene rings is 1. The number of H-pyrrole nitrogens is 1. The zero-order valence-electron chi connectivity index (χ0n) is 10.8. The minimum absolute atomic E-state index is 0.0653. The normalized spacial score (nSPS) is 10.6. The van der Waals surface area contributed by atoms with E-state index in [-0.39, 0.29) is 5.56 Å². The lowest BCUT2D eigenvalue weighted by atomic mass is 10.2. The Hall–Kier alpha value is -1.55. The lowest BCUT2D eigenvalue weighted by molar-refractivity contribution is 1.03. The standard InChI is InChI=1S/C14H16N2OS/c1-4-18-12-7-5-11(6-8-12)13-15-10(3)9(2)14(17)16-13/h5-8H,4H2,1-3H3,(H,15,16,17). The molecule has 0 bridgehead atoms. The molecule has 1 aromatic heterocycles. The molecule has 0 amide bonds. The maximum Gasteiger partial charge on any atom is 0.254 e. The van der Waals surface area contributed by atoms with Gasteiger partial charge in [-0.3, -0.25) is 4.79 Å². The van der Waals surface area contributed by atoms with E-state index in [1.807, 2.05) is 19.1 Å². The smallest absolute Gasteiger partial charge is 0.254 e. The number of thioether (sulfide) groups is 1. The van der Waals surface area contributed by atoms with Gasteiger partial charge in [0.05, 0.1) is 0 Å². The predicted molar refractivity (Wildman–Crippen MR) is 76.2 cm³/mol. The summed E-state index contributed by atoms with van der Waals surface area (Å²) in [6.45, 7) is 5.77. The van der Waals surface area contributed by atoms with Crippen LogP contribution in [0.5, 0.6) is 0 Å². The molecule has 1 aromatic carbocycles. The molecule has 0 atom stereocenters. The first-order valence-electron chi connectivity index (χ1n) is 5.92. The third kappa shape index (κ3) is 2.64. The van der Waals surface area contributed by atoms with Crippen LogP contribution in [0.3, 0.4) is 0 Å². The van der Waals surface area contributed by atoms with Crippen molar-refractivity contribution in [1.29, 1.82) is 0 Å². The summed E-state index contributed by atoms with van der Waals surface area (Å²) >= 11 is 1.80. The monoisotopic (exact) mass is 260 g/mol. The highest BCUT2D eigenvalue weighted by Gasteiger charge is 2.05. The first-order chi connectivity index (χ1) is 8.61. The fourth-order valence-electron chi connectivity index (χ4n) is 1.66. The molecule has 2 aromatic rings. The van der Waals surface area contributed by atoms with Crippen LogP contribution in [0.1, 0.15) is 18.2 Å². The fraction of sp³-hybridized carbons (Fsp3) is 0.286. The molecule has 2 rings (SSSR count). The average Bonchev–Trinajstić information content (AvgIpc) is 2.37. The Labute approximate surface area is 111 Å². The van der Waals surface area contributed by atoms with Gasteiger partial charge in [0.1, 0.15) is 5.82 Å². The maximum absolute atomic E-state index is 11.7. The molecule has 18 heavy (non-hydrogen) atoms. The van der Waals surface area contributed by atoms with Crippen LogP contribution < -0.4 is 5.56 Å². The highest BCUT2D eigenvalue weighted by molar-refractivity contribution is 7.99. The van der Waals surface area contributed by atoms with Crippen molar-refractivity contribution in [1.82, 2.24) is 9.97 Å². The largest absolute Gasteiger partial charge is 0.306 e. The third-order valence-corrected chi connectivity index (χ3v) is 3.73. The van der Waals surface area contributed by atoms with Crippen molar-refractivity contribution in [2.45, 2.75) is 25.7 Å². The molecular weight excluding hydrogens is 244 g/mol. The number of rotatable bonds is 3. The second-order valence-corrected chi connectivity index (χ2v) is 5.42. The second-order valence-electron chi connectivity index (χ2n) is 4.08. The molecule has 0 saturated heterocycles. The van der Waals surface area contributed by atoms with Crippen molar-refractivity contribution in [3.05, 3.63) is 45.9 Å². The van der Waals surface area contributed by atoms with E-state index in [1.54, 1.807) is 18.7 Å². The summed E-state index contributed by atoms with van der Waals surface area (Å²) in [6, 6.07) is 8.09. The number of nitrogens with one attached hydrogen (secondary N) is 1. The fourth-order valence-corrected chi connectivity index (χ4v) is 2.32. The maximum atomic E-state index is 11.7. The van der Waals surface area contributed by atoms with Crippen LogP contribution in [0.25, 0.3) is 11.4 Å². The molecule has 0 saturated carbocycles. The summed E-state index contributed by atoms with van der Waals surface area (Å²) in [4.78, 5) is 20.2. The Bertz CT molecular complexity index is 602. The van der Waals surface area contributed by atoms with Gasteiger partial charge in [0, 0.05) is 21.7 Å². The van der Waals surface area contributed by atoms with Gasteiger partial charge in [-0.2, -0.15) is 0 Å². The first kappa shape index (κ1) is 12.9. The Morgan fingerprint density at radius 2 is 1.89 bits per heavy atom. The highest BCUT2D eigenvalue weighted by Crippen LogP contribution is 2.21. The Morgan fingerprint density at radius 1 is 1.22 bits per heavy atom. The van der Waals surface area contributed by atoms with E-state index in [4.69, 9.17) is 0 Å². The van der Waals surface area contributed by atoms with E-state index in [9.17, 15) is 4.79 Å². The molecular formula is C14H16N2OS. The minimum atomic E-state index is -0.0653. The van der Waals surface area contributed by atoms with Crippen LogP contribution in [-0.4, -0.2) is 15.7 Å². The Balaban J connectivity index is 2.40. The van der Waals surface area contributed by atoms with Crippen molar-refractivity contribution in [3.8, 4) is 11.4 Å². The van der Waals surface area contributed by atoms with Gasteiger partial charge in [-0.1, -0.05) is 19.1 Å². The number of aromatic amines is 1. The second kappa shape index (κ2) is 5.40. The van der Waals surface area contributed by atoms with Crippen molar-refractivity contribution in [2.24, 2.45) is 0 Å². The van der Waals surface area contributed by atoms with Gasteiger partial charge in [0.15, 0.2) is 0 Å². The summed E-state index contributed by atoms with van der Waals surface area (Å²) in [5.41, 5.74) is 2.33. The van der Waals surface area contributed by atoms with Crippen molar-refractivity contribution in [3.63, 3.8) is 0 Å². The number of aryl methyl sites for hydroxylation is 1. The van der Waals surface area contributed by atoms with Crippen LogP contribution in [-0.2, 0) is 0 Å². The van der Waals surface area contributed by atoms with E-state index in [0.717, 1.165) is 17.0 Å². The SMILES string of the molecule is CCSc1ccc(-c2nc(C)c(C)c(=O)[nH]2)cc1. The number of aromatic nitrogens is 2. The molecule has 0 unspecified atom stereocenters. The van der Waals surface area contributed by atoms with E-state index < -0.39 is 0 Å². The highest BCUT2D eigenvalue weighted by atomic mass is 32.2. The summed E-state index contributed by atoms with van der Waals surface area (Å²) in [7, 11) is 0.